The number of amides is 1. The van der Waals surface area contributed by atoms with E-state index in [1.165, 1.54) is 6.92 Å². The lowest BCUT2D eigenvalue weighted by Gasteiger charge is -2.56. The molecule has 1 N–H and O–H groups in total. The smallest absolute Gasteiger partial charge is 0.383 e. The lowest BCUT2D eigenvalue weighted by atomic mass is 9.50. The van der Waals surface area contributed by atoms with E-state index in [0.717, 1.165) is 16.7 Å². The van der Waals surface area contributed by atoms with Gasteiger partial charge in [0.2, 0.25) is 0 Å². The number of carbonyl (C=O) groups excluding carboxylic acids is 2. The van der Waals surface area contributed by atoms with Crippen LogP contribution in [-0.2, 0) is 4.79 Å². The topological polar surface area (TPSA) is 57.6 Å². The van der Waals surface area contributed by atoms with Gasteiger partial charge in [0, 0.05) is 36.4 Å². The van der Waals surface area contributed by atoms with E-state index in [4.69, 9.17) is 0 Å². The zero-order valence-corrected chi connectivity index (χ0v) is 23.1. The molecule has 0 aliphatic heterocycles. The number of alkyl halides is 5. The average molecular weight is 566 g/mol. The molecule has 9 heteroatoms. The highest BCUT2D eigenvalue weighted by Gasteiger charge is 2.79. The highest BCUT2D eigenvalue weighted by molar-refractivity contribution is 5.94. The highest BCUT2D eigenvalue weighted by Crippen LogP contribution is 2.70. The quantitative estimate of drug-likeness (QED) is 0.392. The van der Waals surface area contributed by atoms with Crippen molar-refractivity contribution in [1.82, 2.24) is 4.90 Å². The molecule has 4 nitrogen and oxygen atoms in total. The van der Waals surface area contributed by atoms with Crippen LogP contribution in [0.2, 0.25) is 0 Å². The fraction of sp³-hybridized carbons (Fsp3) is 0.613. The summed E-state index contributed by atoms with van der Waals surface area (Å²) in [6.07, 6.45) is -2.95. The monoisotopic (exact) mass is 565 g/mol. The Labute approximate surface area is 231 Å². The number of nitrogens with zero attached hydrogens (tertiary/aromatic N) is 1. The summed E-state index contributed by atoms with van der Waals surface area (Å²) in [5.74, 6) is -6.73. The standard InChI is InChI=1S/C31H36F5NO3/c1-4-37(5-2)27(39)19-8-6-18(7-9-19)24-17-28(3)25(14-15-29(28,40)30(32,33)31(34,35)36)23-12-10-20-16-21(38)11-13-22(20)26(23)24/h6-9,16,23-25,40H,4-5,10-15,17H2,1-3H3/t23?,24-,25+,28?,29+/m1/s1. The first-order valence-electron chi connectivity index (χ1n) is 14.2. The van der Waals surface area contributed by atoms with Crippen molar-refractivity contribution < 1.29 is 36.6 Å². The molecule has 0 bridgehead atoms. The van der Waals surface area contributed by atoms with Crippen LogP contribution in [0.1, 0.15) is 87.6 Å². The van der Waals surface area contributed by atoms with Crippen molar-refractivity contribution in [3.8, 4) is 0 Å². The fourth-order valence-corrected chi connectivity index (χ4v) is 8.27. The third-order valence-electron chi connectivity index (χ3n) is 10.4. The molecule has 0 radical (unpaired) electrons. The first-order valence-corrected chi connectivity index (χ1v) is 14.2. The summed E-state index contributed by atoms with van der Waals surface area (Å²) >= 11 is 0. The van der Waals surface area contributed by atoms with Crippen LogP contribution in [0.5, 0.6) is 0 Å². The normalized spacial score (nSPS) is 32.3. The Hall–Kier alpha value is -2.55. The van der Waals surface area contributed by atoms with E-state index in [1.807, 2.05) is 13.8 Å². The molecule has 4 aliphatic carbocycles. The minimum atomic E-state index is -5.88. The number of allylic oxidation sites excluding steroid dienone is 4. The molecule has 5 rings (SSSR count). The molecule has 0 saturated heterocycles. The van der Waals surface area contributed by atoms with Crippen LogP contribution in [0, 0.1) is 17.3 Å². The number of aliphatic hydroxyl groups is 1. The van der Waals surface area contributed by atoms with Crippen LogP contribution in [0.4, 0.5) is 22.0 Å². The molecule has 1 aromatic carbocycles. The van der Waals surface area contributed by atoms with E-state index in [-0.39, 0.29) is 30.4 Å². The van der Waals surface area contributed by atoms with Crippen molar-refractivity contribution in [1.29, 1.82) is 0 Å². The minimum Gasteiger partial charge on any atom is -0.383 e. The van der Waals surface area contributed by atoms with Crippen molar-refractivity contribution in [3.63, 3.8) is 0 Å². The van der Waals surface area contributed by atoms with Crippen LogP contribution < -0.4 is 0 Å². The van der Waals surface area contributed by atoms with Gasteiger partial charge in [-0.2, -0.15) is 22.0 Å². The van der Waals surface area contributed by atoms with Gasteiger partial charge in [0.05, 0.1) is 0 Å². The number of ketones is 1. The van der Waals surface area contributed by atoms with Gasteiger partial charge in [-0.05, 0) is 99.1 Å². The Balaban J connectivity index is 1.64. The van der Waals surface area contributed by atoms with E-state index < -0.39 is 41.4 Å². The summed E-state index contributed by atoms with van der Waals surface area (Å²) in [6, 6.07) is 6.88. The second kappa shape index (κ2) is 9.78. The van der Waals surface area contributed by atoms with Crippen molar-refractivity contribution in [2.24, 2.45) is 17.3 Å². The van der Waals surface area contributed by atoms with Gasteiger partial charge in [0.1, 0.15) is 5.60 Å². The van der Waals surface area contributed by atoms with Crippen LogP contribution >= 0.6 is 0 Å². The Bertz CT molecular complexity index is 1260. The van der Waals surface area contributed by atoms with Crippen LogP contribution in [-0.4, -0.2) is 52.5 Å². The molecule has 1 aromatic rings. The first kappa shape index (κ1) is 29.0. The van der Waals surface area contributed by atoms with E-state index in [0.29, 0.717) is 49.9 Å². The van der Waals surface area contributed by atoms with E-state index in [9.17, 15) is 27.9 Å². The van der Waals surface area contributed by atoms with E-state index >= 15 is 8.78 Å². The summed E-state index contributed by atoms with van der Waals surface area (Å²) in [5.41, 5.74) is -0.806. The molecular weight excluding hydrogens is 529 g/mol. The van der Waals surface area contributed by atoms with Crippen molar-refractivity contribution in [2.45, 2.75) is 89.3 Å². The summed E-state index contributed by atoms with van der Waals surface area (Å²) in [4.78, 5) is 26.8. The number of hydrogen-bond acceptors (Lipinski definition) is 3. The van der Waals surface area contributed by atoms with Gasteiger partial charge in [0.25, 0.3) is 5.91 Å². The summed E-state index contributed by atoms with van der Waals surface area (Å²) in [7, 11) is 0. The van der Waals surface area contributed by atoms with Crippen molar-refractivity contribution in [2.75, 3.05) is 13.1 Å². The Kier molecular flexibility index (Phi) is 7.08. The van der Waals surface area contributed by atoms with Gasteiger partial charge in [-0.1, -0.05) is 24.6 Å². The lowest BCUT2D eigenvalue weighted by Crippen LogP contribution is -2.65. The van der Waals surface area contributed by atoms with Gasteiger partial charge in [-0.15, -0.1) is 0 Å². The molecule has 2 unspecified atom stereocenters. The number of fused-ring (bicyclic) bond motifs is 4. The van der Waals surface area contributed by atoms with Crippen LogP contribution in [0.15, 0.2) is 47.1 Å². The maximum absolute atomic E-state index is 15.1. The van der Waals surface area contributed by atoms with Gasteiger partial charge in [-0.3, -0.25) is 9.59 Å². The van der Waals surface area contributed by atoms with Crippen molar-refractivity contribution in [3.05, 3.63) is 58.2 Å². The maximum atomic E-state index is 15.1. The second-order valence-electron chi connectivity index (χ2n) is 12.1. The molecular formula is C31H36F5NO3. The van der Waals surface area contributed by atoms with Gasteiger partial charge >= 0.3 is 12.1 Å². The number of benzene rings is 1. The number of hydrogen-bond donors (Lipinski definition) is 1. The average Bonchev–Trinajstić information content (AvgIpc) is 3.19. The molecule has 2 fully saturated rings. The second-order valence-corrected chi connectivity index (χ2v) is 12.1. The zero-order chi connectivity index (χ0) is 29.3. The fourth-order valence-electron chi connectivity index (χ4n) is 8.27. The van der Waals surface area contributed by atoms with Crippen LogP contribution in [0.3, 0.4) is 0 Å². The molecule has 218 valence electrons. The van der Waals surface area contributed by atoms with E-state index in [2.05, 4.69) is 0 Å². The first-order chi connectivity index (χ1) is 18.7. The molecule has 5 atom stereocenters. The maximum Gasteiger partial charge on any atom is 0.456 e. The zero-order valence-electron chi connectivity index (χ0n) is 23.1. The molecule has 0 aromatic heterocycles. The predicted octanol–water partition coefficient (Wildman–Crippen LogP) is 7.00. The van der Waals surface area contributed by atoms with Crippen molar-refractivity contribution >= 4 is 11.7 Å². The summed E-state index contributed by atoms with van der Waals surface area (Å²) in [6.45, 7) is 6.25. The van der Waals surface area contributed by atoms with E-state index in [1.54, 1.807) is 35.2 Å². The summed E-state index contributed by atoms with van der Waals surface area (Å²) in [5, 5.41) is 11.4. The van der Waals surface area contributed by atoms with Gasteiger partial charge in [0.15, 0.2) is 5.78 Å². The molecule has 4 aliphatic rings. The number of halogens is 5. The number of carbonyl (C=O) groups is 2. The Morgan fingerprint density at radius 2 is 1.68 bits per heavy atom. The van der Waals surface area contributed by atoms with Gasteiger partial charge < -0.3 is 10.0 Å². The SMILES string of the molecule is CCN(CC)C(=O)c1ccc([C@H]2CC3(C)[C@@H](CC[C@@]3(O)C(F)(F)C(F)(F)F)C3CCC4=CC(=O)CCC4=C32)cc1. The Morgan fingerprint density at radius 3 is 2.27 bits per heavy atom. The van der Waals surface area contributed by atoms with Gasteiger partial charge in [-0.25, -0.2) is 0 Å². The third-order valence-corrected chi connectivity index (χ3v) is 10.4. The highest BCUT2D eigenvalue weighted by atomic mass is 19.4. The molecule has 0 heterocycles. The lowest BCUT2D eigenvalue weighted by molar-refractivity contribution is -0.362. The predicted molar refractivity (Wildman–Crippen MR) is 140 cm³/mol. The summed E-state index contributed by atoms with van der Waals surface area (Å²) < 4.78 is 71.4. The minimum absolute atomic E-state index is 0.0364. The number of rotatable bonds is 5. The molecule has 2 saturated carbocycles. The Morgan fingerprint density at radius 1 is 1.02 bits per heavy atom. The third kappa shape index (κ3) is 4.09. The van der Waals surface area contributed by atoms with Crippen LogP contribution in [0.25, 0.3) is 0 Å². The molecule has 40 heavy (non-hydrogen) atoms. The molecule has 1 amide bonds. The molecule has 0 spiro atoms. The largest absolute Gasteiger partial charge is 0.456 e.